The van der Waals surface area contributed by atoms with Gasteiger partial charge in [0.15, 0.2) is 0 Å². The zero-order chi connectivity index (χ0) is 17.2. The summed E-state index contributed by atoms with van der Waals surface area (Å²) in [7, 11) is 3.36. The summed E-state index contributed by atoms with van der Waals surface area (Å²) >= 11 is 0. The predicted octanol–water partition coefficient (Wildman–Crippen LogP) is 3.02. The number of benzene rings is 1. The number of nitrogens with one attached hydrogen (secondary N) is 1. The maximum atomic E-state index is 12.1. The number of nitrogens with two attached hydrogens (primary N) is 1. The van der Waals surface area contributed by atoms with Gasteiger partial charge < -0.3 is 15.2 Å². The number of aromatic nitrogens is 2. The molecule has 124 valence electrons. The molecule has 23 heavy (non-hydrogen) atoms. The number of anilines is 2. The summed E-state index contributed by atoms with van der Waals surface area (Å²) in [5, 5.41) is 6.88. The Kier molecular flexibility index (Phi) is 4.49. The number of ether oxygens (including phenoxy) is 2. The van der Waals surface area contributed by atoms with Gasteiger partial charge in [0.2, 0.25) is 0 Å². The highest BCUT2D eigenvalue weighted by molar-refractivity contribution is 5.93. The van der Waals surface area contributed by atoms with Crippen LogP contribution in [0.15, 0.2) is 24.4 Å². The lowest BCUT2D eigenvalue weighted by molar-refractivity contribution is 0.0636. The normalized spacial score (nSPS) is 11.2. The van der Waals surface area contributed by atoms with Crippen LogP contribution in [0, 0.1) is 0 Å². The number of carbonyl (C=O) groups is 1. The maximum Gasteiger partial charge on any atom is 0.412 e. The van der Waals surface area contributed by atoms with Crippen LogP contribution >= 0.6 is 0 Å². The molecule has 7 nitrogen and oxygen atoms in total. The van der Waals surface area contributed by atoms with Crippen LogP contribution in [0.2, 0.25) is 0 Å². The molecule has 1 aromatic carbocycles. The van der Waals surface area contributed by atoms with Crippen molar-refractivity contribution in [2.75, 3.05) is 18.2 Å². The van der Waals surface area contributed by atoms with Crippen molar-refractivity contribution in [1.29, 1.82) is 0 Å². The van der Waals surface area contributed by atoms with E-state index in [2.05, 4.69) is 10.4 Å². The molecule has 7 heteroatoms. The lowest BCUT2D eigenvalue weighted by Gasteiger charge is -2.21. The highest BCUT2D eigenvalue weighted by Crippen LogP contribution is 2.35. The molecule has 0 bridgehead atoms. The zero-order valence-electron chi connectivity index (χ0n) is 14.0. The van der Waals surface area contributed by atoms with Crippen LogP contribution in [-0.4, -0.2) is 28.6 Å². The van der Waals surface area contributed by atoms with Gasteiger partial charge >= 0.3 is 6.09 Å². The SMILES string of the molecule is COc1ccc(NC(=O)OC(C)(C)C)c(-c2c(N)cnn2C)c1. The smallest absolute Gasteiger partial charge is 0.412 e. The molecule has 0 saturated heterocycles. The molecule has 2 rings (SSSR count). The molecule has 1 heterocycles. The van der Waals surface area contributed by atoms with Gasteiger partial charge in [0.1, 0.15) is 11.4 Å². The van der Waals surface area contributed by atoms with Gasteiger partial charge in [0.05, 0.1) is 30.4 Å². The van der Waals surface area contributed by atoms with E-state index in [4.69, 9.17) is 15.2 Å². The van der Waals surface area contributed by atoms with E-state index in [0.717, 1.165) is 0 Å². The van der Waals surface area contributed by atoms with Crippen molar-refractivity contribution >= 4 is 17.5 Å². The molecule has 0 atom stereocenters. The van der Waals surface area contributed by atoms with Gasteiger partial charge in [-0.15, -0.1) is 0 Å². The standard InChI is InChI=1S/C16H22N4O3/c1-16(2,3)23-15(21)19-13-7-6-10(22-5)8-11(13)14-12(17)9-18-20(14)4/h6-9H,17H2,1-5H3,(H,19,21). The van der Waals surface area contributed by atoms with Gasteiger partial charge in [0, 0.05) is 12.6 Å². The number of nitrogens with zero attached hydrogens (tertiary/aromatic N) is 2. The quantitative estimate of drug-likeness (QED) is 0.907. The van der Waals surface area contributed by atoms with Crippen LogP contribution in [-0.2, 0) is 11.8 Å². The van der Waals surface area contributed by atoms with E-state index >= 15 is 0 Å². The fourth-order valence-corrected chi connectivity index (χ4v) is 2.15. The molecule has 1 aromatic heterocycles. The second kappa shape index (κ2) is 6.20. The molecule has 1 amide bonds. The Morgan fingerprint density at radius 1 is 1.35 bits per heavy atom. The third-order valence-electron chi connectivity index (χ3n) is 3.08. The predicted molar refractivity (Wildman–Crippen MR) is 89.5 cm³/mol. The summed E-state index contributed by atoms with van der Waals surface area (Å²) in [6, 6.07) is 5.29. The van der Waals surface area contributed by atoms with Gasteiger partial charge in [-0.2, -0.15) is 5.10 Å². The highest BCUT2D eigenvalue weighted by Gasteiger charge is 2.19. The highest BCUT2D eigenvalue weighted by atomic mass is 16.6. The Morgan fingerprint density at radius 3 is 2.57 bits per heavy atom. The third-order valence-corrected chi connectivity index (χ3v) is 3.08. The van der Waals surface area contributed by atoms with Crippen molar-refractivity contribution in [1.82, 2.24) is 9.78 Å². The van der Waals surface area contributed by atoms with Crippen molar-refractivity contribution < 1.29 is 14.3 Å². The second-order valence-corrected chi connectivity index (χ2v) is 6.11. The van der Waals surface area contributed by atoms with E-state index in [1.807, 2.05) is 0 Å². The van der Waals surface area contributed by atoms with Crippen LogP contribution in [0.25, 0.3) is 11.3 Å². The lowest BCUT2D eigenvalue weighted by atomic mass is 10.1. The van der Waals surface area contributed by atoms with E-state index in [1.54, 1.807) is 64.0 Å². The molecular weight excluding hydrogens is 296 g/mol. The topological polar surface area (TPSA) is 91.4 Å². The summed E-state index contributed by atoms with van der Waals surface area (Å²) in [5.41, 5.74) is 7.88. The summed E-state index contributed by atoms with van der Waals surface area (Å²) in [4.78, 5) is 12.1. The average molecular weight is 318 g/mol. The minimum Gasteiger partial charge on any atom is -0.497 e. The maximum absolute atomic E-state index is 12.1. The number of nitrogen functional groups attached to an aromatic ring is 1. The first-order valence-corrected chi connectivity index (χ1v) is 7.17. The number of aryl methyl sites for hydroxylation is 1. The number of methoxy groups -OCH3 is 1. The Hall–Kier alpha value is -2.70. The van der Waals surface area contributed by atoms with E-state index in [1.165, 1.54) is 0 Å². The van der Waals surface area contributed by atoms with Crippen molar-refractivity contribution in [2.24, 2.45) is 7.05 Å². The van der Waals surface area contributed by atoms with Crippen LogP contribution in [0.3, 0.4) is 0 Å². The molecule has 2 aromatic rings. The van der Waals surface area contributed by atoms with Crippen molar-refractivity contribution in [3.05, 3.63) is 24.4 Å². The largest absolute Gasteiger partial charge is 0.497 e. The van der Waals surface area contributed by atoms with E-state index in [9.17, 15) is 4.79 Å². The van der Waals surface area contributed by atoms with Crippen LogP contribution in [0.1, 0.15) is 20.8 Å². The number of carbonyl (C=O) groups excluding carboxylic acids is 1. The number of rotatable bonds is 3. The molecule has 0 aliphatic rings. The molecule has 0 radical (unpaired) electrons. The van der Waals surface area contributed by atoms with Crippen LogP contribution in [0.5, 0.6) is 5.75 Å². The van der Waals surface area contributed by atoms with Gasteiger partial charge in [-0.3, -0.25) is 10.00 Å². The van der Waals surface area contributed by atoms with E-state index < -0.39 is 11.7 Å². The zero-order valence-corrected chi connectivity index (χ0v) is 14.0. The Balaban J connectivity index is 2.42. The molecule has 3 N–H and O–H groups in total. The second-order valence-electron chi connectivity index (χ2n) is 6.11. The van der Waals surface area contributed by atoms with Crippen molar-refractivity contribution in [2.45, 2.75) is 26.4 Å². The van der Waals surface area contributed by atoms with Gasteiger partial charge in [0.25, 0.3) is 0 Å². The monoisotopic (exact) mass is 318 g/mol. The minimum atomic E-state index is -0.581. The Morgan fingerprint density at radius 2 is 2.04 bits per heavy atom. The molecule has 0 fully saturated rings. The third kappa shape index (κ3) is 3.94. The lowest BCUT2D eigenvalue weighted by Crippen LogP contribution is -2.27. The minimum absolute atomic E-state index is 0.507. The summed E-state index contributed by atoms with van der Waals surface area (Å²) in [5.74, 6) is 0.648. The fourth-order valence-electron chi connectivity index (χ4n) is 2.15. The molecule has 0 aliphatic heterocycles. The van der Waals surface area contributed by atoms with E-state index in [0.29, 0.717) is 28.4 Å². The number of amides is 1. The summed E-state index contributed by atoms with van der Waals surface area (Å²) < 4.78 is 12.2. The van der Waals surface area contributed by atoms with Gasteiger partial charge in [-0.05, 0) is 39.0 Å². The number of hydrogen-bond donors (Lipinski definition) is 2. The first-order valence-electron chi connectivity index (χ1n) is 7.17. The average Bonchev–Trinajstić information content (AvgIpc) is 2.77. The van der Waals surface area contributed by atoms with Gasteiger partial charge in [-0.25, -0.2) is 4.79 Å². The van der Waals surface area contributed by atoms with Crippen molar-refractivity contribution in [3.63, 3.8) is 0 Å². The Bertz CT molecular complexity index is 697. The number of hydrogen-bond acceptors (Lipinski definition) is 5. The van der Waals surface area contributed by atoms with Crippen LogP contribution in [0.4, 0.5) is 16.2 Å². The molecule has 0 spiro atoms. The first-order chi connectivity index (χ1) is 10.7. The fraction of sp³-hybridized carbons (Fsp3) is 0.375. The molecule has 0 aliphatic carbocycles. The molecule has 0 unspecified atom stereocenters. The van der Waals surface area contributed by atoms with E-state index in [-0.39, 0.29) is 0 Å². The van der Waals surface area contributed by atoms with Crippen molar-refractivity contribution in [3.8, 4) is 17.0 Å². The molecular formula is C16H22N4O3. The Labute approximate surface area is 135 Å². The van der Waals surface area contributed by atoms with Crippen LogP contribution < -0.4 is 15.8 Å². The molecule has 0 saturated carbocycles. The first kappa shape index (κ1) is 16.7. The summed E-state index contributed by atoms with van der Waals surface area (Å²) in [6.07, 6.45) is 1.02. The summed E-state index contributed by atoms with van der Waals surface area (Å²) in [6.45, 7) is 5.42. The van der Waals surface area contributed by atoms with Gasteiger partial charge in [-0.1, -0.05) is 0 Å².